The third kappa shape index (κ3) is 3.14. The van der Waals surface area contributed by atoms with Gasteiger partial charge in [0.2, 0.25) is 0 Å². The van der Waals surface area contributed by atoms with E-state index in [1.807, 2.05) is 6.20 Å². The Labute approximate surface area is 118 Å². The zero-order valence-electron chi connectivity index (χ0n) is 11.8. The maximum atomic E-state index is 10.8. The zero-order chi connectivity index (χ0) is 14.0. The van der Waals surface area contributed by atoms with Gasteiger partial charge in [-0.05, 0) is 24.7 Å². The molecule has 19 heavy (non-hydrogen) atoms. The molecule has 1 heterocycles. The first-order chi connectivity index (χ1) is 9.00. The predicted octanol–water partition coefficient (Wildman–Crippen LogP) is 3.54. The van der Waals surface area contributed by atoms with Gasteiger partial charge in [0.05, 0.1) is 5.75 Å². The van der Waals surface area contributed by atoms with Crippen molar-refractivity contribution in [1.29, 1.82) is 0 Å². The number of aromatic nitrogens is 2. The van der Waals surface area contributed by atoms with Crippen molar-refractivity contribution in [2.24, 2.45) is 5.92 Å². The summed E-state index contributed by atoms with van der Waals surface area (Å²) in [5.74, 6) is 0.357. The van der Waals surface area contributed by atoms with Gasteiger partial charge in [-0.3, -0.25) is 4.79 Å². The summed E-state index contributed by atoms with van der Waals surface area (Å²) in [6.07, 6.45) is 5.60. The molecule has 1 fully saturated rings. The van der Waals surface area contributed by atoms with Crippen molar-refractivity contribution in [3.63, 3.8) is 0 Å². The van der Waals surface area contributed by atoms with Crippen LogP contribution in [0.2, 0.25) is 0 Å². The Hall–Kier alpha value is -0.970. The molecule has 1 aliphatic carbocycles. The van der Waals surface area contributed by atoms with E-state index in [1.165, 1.54) is 36.7 Å². The SMILES string of the molecule is CC(C)c1cnc(SCC(=O)O)n1C1CCCC1C. The molecule has 0 aromatic carbocycles. The molecule has 5 heteroatoms. The number of hydrogen-bond donors (Lipinski definition) is 1. The first-order valence-corrected chi connectivity index (χ1v) is 7.91. The van der Waals surface area contributed by atoms with Crippen LogP contribution in [0.15, 0.2) is 11.4 Å². The van der Waals surface area contributed by atoms with Crippen LogP contribution in [0.25, 0.3) is 0 Å². The van der Waals surface area contributed by atoms with Crippen LogP contribution in [0.3, 0.4) is 0 Å². The van der Waals surface area contributed by atoms with E-state index in [9.17, 15) is 4.79 Å². The summed E-state index contributed by atoms with van der Waals surface area (Å²) >= 11 is 1.33. The molecule has 1 aliphatic rings. The van der Waals surface area contributed by atoms with Crippen LogP contribution in [-0.2, 0) is 4.79 Å². The van der Waals surface area contributed by atoms with Crippen LogP contribution < -0.4 is 0 Å². The fourth-order valence-corrected chi connectivity index (χ4v) is 3.62. The topological polar surface area (TPSA) is 55.1 Å². The Bertz CT molecular complexity index is 456. The van der Waals surface area contributed by atoms with Gasteiger partial charge in [0.15, 0.2) is 5.16 Å². The summed E-state index contributed by atoms with van der Waals surface area (Å²) in [4.78, 5) is 15.2. The molecule has 2 atom stereocenters. The average molecular weight is 282 g/mol. The summed E-state index contributed by atoms with van der Waals surface area (Å²) < 4.78 is 2.30. The van der Waals surface area contributed by atoms with Crippen LogP contribution in [-0.4, -0.2) is 26.4 Å². The molecule has 0 saturated heterocycles. The molecule has 1 aromatic heterocycles. The van der Waals surface area contributed by atoms with Crippen molar-refractivity contribution in [2.75, 3.05) is 5.75 Å². The van der Waals surface area contributed by atoms with Gasteiger partial charge in [0.1, 0.15) is 0 Å². The minimum Gasteiger partial charge on any atom is -0.481 e. The van der Waals surface area contributed by atoms with E-state index in [0.717, 1.165) is 5.16 Å². The molecule has 0 amide bonds. The van der Waals surface area contributed by atoms with Gasteiger partial charge in [0, 0.05) is 17.9 Å². The Morgan fingerprint density at radius 3 is 2.84 bits per heavy atom. The molecule has 0 bridgehead atoms. The van der Waals surface area contributed by atoms with Crippen LogP contribution >= 0.6 is 11.8 Å². The lowest BCUT2D eigenvalue weighted by Crippen LogP contribution is -2.16. The van der Waals surface area contributed by atoms with Crippen LogP contribution in [0.4, 0.5) is 0 Å². The van der Waals surface area contributed by atoms with Gasteiger partial charge < -0.3 is 9.67 Å². The lowest BCUT2D eigenvalue weighted by Gasteiger charge is -2.23. The Morgan fingerprint density at radius 2 is 2.32 bits per heavy atom. The molecular weight excluding hydrogens is 260 g/mol. The second-order valence-electron chi connectivity index (χ2n) is 5.65. The summed E-state index contributed by atoms with van der Waals surface area (Å²) in [5, 5.41) is 9.71. The largest absolute Gasteiger partial charge is 0.481 e. The fraction of sp³-hybridized carbons (Fsp3) is 0.714. The van der Waals surface area contributed by atoms with Crippen LogP contribution in [0, 0.1) is 5.92 Å². The molecule has 106 valence electrons. The molecule has 0 radical (unpaired) electrons. The monoisotopic (exact) mass is 282 g/mol. The fourth-order valence-electron chi connectivity index (χ4n) is 2.86. The Kier molecular flexibility index (Phi) is 4.55. The van der Waals surface area contributed by atoms with E-state index in [4.69, 9.17) is 5.11 Å². The average Bonchev–Trinajstić information content (AvgIpc) is 2.91. The number of aliphatic carboxylic acids is 1. The number of thioether (sulfide) groups is 1. The highest BCUT2D eigenvalue weighted by molar-refractivity contribution is 7.99. The number of imidazole rings is 1. The molecule has 1 N–H and O–H groups in total. The van der Waals surface area contributed by atoms with E-state index in [-0.39, 0.29) is 5.75 Å². The first-order valence-electron chi connectivity index (χ1n) is 6.92. The number of nitrogens with zero attached hydrogens (tertiary/aromatic N) is 2. The minimum absolute atomic E-state index is 0.0790. The molecule has 1 saturated carbocycles. The number of carboxylic acids is 1. The normalized spacial score (nSPS) is 23.2. The lowest BCUT2D eigenvalue weighted by molar-refractivity contribution is -0.133. The van der Waals surface area contributed by atoms with Crippen molar-refractivity contribution < 1.29 is 9.90 Å². The van der Waals surface area contributed by atoms with Gasteiger partial charge in [-0.2, -0.15) is 0 Å². The summed E-state index contributed by atoms with van der Waals surface area (Å²) in [7, 11) is 0. The zero-order valence-corrected chi connectivity index (χ0v) is 12.6. The maximum absolute atomic E-state index is 10.8. The van der Waals surface area contributed by atoms with Gasteiger partial charge in [-0.1, -0.05) is 39.0 Å². The lowest BCUT2D eigenvalue weighted by atomic mass is 10.0. The summed E-state index contributed by atoms with van der Waals surface area (Å²) in [6.45, 7) is 6.62. The first kappa shape index (κ1) is 14.4. The van der Waals surface area contributed by atoms with Crippen molar-refractivity contribution in [2.45, 2.75) is 57.1 Å². The van der Waals surface area contributed by atoms with Gasteiger partial charge in [-0.15, -0.1) is 0 Å². The van der Waals surface area contributed by atoms with E-state index < -0.39 is 5.97 Å². The molecule has 4 nitrogen and oxygen atoms in total. The van der Waals surface area contributed by atoms with E-state index in [0.29, 0.717) is 17.9 Å². The number of carbonyl (C=O) groups is 1. The molecule has 1 aromatic rings. The van der Waals surface area contributed by atoms with Crippen molar-refractivity contribution in [3.05, 3.63) is 11.9 Å². The van der Waals surface area contributed by atoms with E-state index in [2.05, 4.69) is 30.3 Å². The van der Waals surface area contributed by atoms with E-state index in [1.54, 1.807) is 0 Å². The van der Waals surface area contributed by atoms with Crippen LogP contribution in [0.5, 0.6) is 0 Å². The number of rotatable bonds is 5. The van der Waals surface area contributed by atoms with Crippen LogP contribution in [0.1, 0.15) is 57.7 Å². The molecular formula is C14H22N2O2S. The standard InChI is InChI=1S/C14H22N2O2S/c1-9(2)12-7-15-14(19-8-13(17)18)16(12)11-6-4-5-10(11)3/h7,9-11H,4-6,8H2,1-3H3,(H,17,18). The molecule has 0 spiro atoms. The second-order valence-corrected chi connectivity index (χ2v) is 6.59. The Morgan fingerprint density at radius 1 is 1.58 bits per heavy atom. The molecule has 2 unspecified atom stereocenters. The van der Waals surface area contributed by atoms with Gasteiger partial charge in [0.25, 0.3) is 0 Å². The predicted molar refractivity (Wildman–Crippen MR) is 76.7 cm³/mol. The number of carboxylic acid groups (broad SMARTS) is 1. The highest BCUT2D eigenvalue weighted by Crippen LogP contribution is 2.40. The van der Waals surface area contributed by atoms with Crippen molar-refractivity contribution in [3.8, 4) is 0 Å². The molecule has 2 rings (SSSR count). The van der Waals surface area contributed by atoms with Crippen molar-refractivity contribution in [1.82, 2.24) is 9.55 Å². The summed E-state index contributed by atoms with van der Waals surface area (Å²) in [6, 6.07) is 0.483. The highest BCUT2D eigenvalue weighted by atomic mass is 32.2. The second kappa shape index (κ2) is 5.99. The van der Waals surface area contributed by atoms with Crippen molar-refractivity contribution >= 4 is 17.7 Å². The highest BCUT2D eigenvalue weighted by Gasteiger charge is 2.29. The minimum atomic E-state index is -0.787. The van der Waals surface area contributed by atoms with Gasteiger partial charge in [-0.25, -0.2) is 4.98 Å². The number of hydrogen-bond acceptors (Lipinski definition) is 3. The Balaban J connectivity index is 2.30. The van der Waals surface area contributed by atoms with E-state index >= 15 is 0 Å². The maximum Gasteiger partial charge on any atom is 0.313 e. The van der Waals surface area contributed by atoms with Gasteiger partial charge >= 0.3 is 5.97 Å². The third-order valence-electron chi connectivity index (χ3n) is 3.86. The summed E-state index contributed by atoms with van der Waals surface area (Å²) in [5.41, 5.74) is 1.23. The smallest absolute Gasteiger partial charge is 0.313 e. The third-order valence-corrected chi connectivity index (χ3v) is 4.81. The quantitative estimate of drug-likeness (QED) is 0.839. The molecule has 0 aliphatic heterocycles.